The van der Waals surface area contributed by atoms with Crippen molar-refractivity contribution in [1.29, 1.82) is 0 Å². The fraction of sp³-hybridized carbons (Fsp3) is 0.273. The van der Waals surface area contributed by atoms with Crippen LogP contribution in [0.1, 0.15) is 12.8 Å². The maximum atomic E-state index is 5.75. The molecule has 1 aliphatic rings. The molecule has 5 N–H and O–H groups in total. The summed E-state index contributed by atoms with van der Waals surface area (Å²) in [5.74, 6) is 0.602. The molecule has 0 radical (unpaired) electrons. The number of rotatable bonds is 2. The van der Waals surface area contributed by atoms with Gasteiger partial charge in [0.2, 0.25) is 0 Å². The molecule has 0 aliphatic heterocycles. The second-order valence-corrected chi connectivity index (χ2v) is 5.44. The molecule has 0 unspecified atom stereocenters. The van der Waals surface area contributed by atoms with Crippen molar-refractivity contribution in [3.8, 4) is 0 Å². The maximum Gasteiger partial charge on any atom is 0.176 e. The number of hydrogen-bond acceptors (Lipinski definition) is 7. The molecule has 0 aromatic carbocycles. The lowest BCUT2D eigenvalue weighted by Gasteiger charge is -2.05. The highest BCUT2D eigenvalue weighted by Gasteiger charge is 2.22. The number of aromatic nitrogens is 4. The van der Waals surface area contributed by atoms with Crippen LogP contribution in [0, 0.1) is 0 Å². The first kappa shape index (κ1) is 15.8. The lowest BCUT2D eigenvalue weighted by Crippen LogP contribution is -2.07. The SMILES string of the molecule is Nc1c(Cl)cnnc1Cl.Nc1c(Cl)cnnc1NC1CC1. The number of anilines is 3. The molecule has 3 rings (SSSR count). The maximum absolute atomic E-state index is 5.75. The van der Waals surface area contributed by atoms with Crippen LogP contribution < -0.4 is 16.8 Å². The average molecular weight is 349 g/mol. The lowest BCUT2D eigenvalue weighted by atomic mass is 10.4. The zero-order valence-electron chi connectivity index (χ0n) is 10.7. The van der Waals surface area contributed by atoms with E-state index in [0.29, 0.717) is 27.6 Å². The van der Waals surface area contributed by atoms with Gasteiger partial charge in [0.25, 0.3) is 0 Å². The van der Waals surface area contributed by atoms with E-state index in [-0.39, 0.29) is 10.8 Å². The Morgan fingerprint density at radius 3 is 2.05 bits per heavy atom. The molecule has 1 saturated carbocycles. The zero-order valence-corrected chi connectivity index (χ0v) is 13.0. The van der Waals surface area contributed by atoms with Crippen LogP contribution in [0.2, 0.25) is 15.2 Å². The molecule has 7 nitrogen and oxygen atoms in total. The molecule has 0 amide bonds. The Balaban J connectivity index is 0.000000161. The standard InChI is InChI=1S/C7H9ClN4.C4H3Cl2N3/c8-5-3-10-12-7(6(5)9)11-4-1-2-4;5-2-1-8-9-4(6)3(2)7/h3-4H,1-2H2,(H2,9,10)(H,11,12);1H,(H2,7,8). The van der Waals surface area contributed by atoms with Gasteiger partial charge in [0.05, 0.1) is 33.8 Å². The van der Waals surface area contributed by atoms with Gasteiger partial charge in [-0.2, -0.15) is 10.2 Å². The molecule has 0 bridgehead atoms. The largest absolute Gasteiger partial charge is 0.395 e. The van der Waals surface area contributed by atoms with Gasteiger partial charge in [-0.15, -0.1) is 10.2 Å². The number of nitrogens with zero attached hydrogens (tertiary/aromatic N) is 4. The van der Waals surface area contributed by atoms with E-state index in [9.17, 15) is 0 Å². The van der Waals surface area contributed by atoms with E-state index in [1.165, 1.54) is 25.2 Å². The molecule has 1 aliphatic carbocycles. The van der Waals surface area contributed by atoms with Crippen LogP contribution >= 0.6 is 34.8 Å². The third kappa shape index (κ3) is 4.45. The van der Waals surface area contributed by atoms with Crippen molar-refractivity contribution in [3.63, 3.8) is 0 Å². The van der Waals surface area contributed by atoms with Crippen LogP contribution in [0.5, 0.6) is 0 Å². The summed E-state index contributed by atoms with van der Waals surface area (Å²) in [6.07, 6.45) is 5.12. The van der Waals surface area contributed by atoms with Gasteiger partial charge < -0.3 is 16.8 Å². The van der Waals surface area contributed by atoms with E-state index in [4.69, 9.17) is 46.3 Å². The van der Waals surface area contributed by atoms with E-state index in [2.05, 4.69) is 25.7 Å². The Labute approximate surface area is 136 Å². The summed E-state index contributed by atoms with van der Waals surface area (Å²) in [4.78, 5) is 0. The summed E-state index contributed by atoms with van der Waals surface area (Å²) < 4.78 is 0. The molecular formula is C11H12Cl3N7. The van der Waals surface area contributed by atoms with Crippen LogP contribution in [-0.4, -0.2) is 26.4 Å². The number of nitrogens with one attached hydrogen (secondary N) is 1. The highest BCUT2D eigenvalue weighted by atomic mass is 35.5. The van der Waals surface area contributed by atoms with E-state index < -0.39 is 0 Å². The van der Waals surface area contributed by atoms with Gasteiger partial charge in [0.15, 0.2) is 11.0 Å². The van der Waals surface area contributed by atoms with Crippen molar-refractivity contribution in [2.45, 2.75) is 18.9 Å². The smallest absolute Gasteiger partial charge is 0.176 e. The molecule has 0 atom stereocenters. The Morgan fingerprint density at radius 2 is 1.52 bits per heavy atom. The Kier molecular flexibility index (Phi) is 5.22. The zero-order chi connectivity index (χ0) is 15.4. The van der Waals surface area contributed by atoms with Gasteiger partial charge in [0, 0.05) is 6.04 Å². The van der Waals surface area contributed by atoms with E-state index in [1.807, 2.05) is 0 Å². The van der Waals surface area contributed by atoms with E-state index in [0.717, 1.165) is 0 Å². The second-order valence-electron chi connectivity index (χ2n) is 4.27. The first-order chi connectivity index (χ1) is 9.99. The van der Waals surface area contributed by atoms with Crippen LogP contribution in [-0.2, 0) is 0 Å². The quantitative estimate of drug-likeness (QED) is 0.764. The fourth-order valence-corrected chi connectivity index (χ4v) is 1.71. The monoisotopic (exact) mass is 347 g/mol. The van der Waals surface area contributed by atoms with Gasteiger partial charge in [-0.3, -0.25) is 0 Å². The van der Waals surface area contributed by atoms with Crippen LogP contribution in [0.3, 0.4) is 0 Å². The van der Waals surface area contributed by atoms with Crippen molar-refractivity contribution in [3.05, 3.63) is 27.6 Å². The van der Waals surface area contributed by atoms with E-state index in [1.54, 1.807) is 0 Å². The summed E-state index contributed by atoms with van der Waals surface area (Å²) in [6, 6.07) is 0.514. The summed E-state index contributed by atoms with van der Waals surface area (Å²) in [6.45, 7) is 0. The fourth-order valence-electron chi connectivity index (χ4n) is 1.25. The van der Waals surface area contributed by atoms with Gasteiger partial charge in [-0.1, -0.05) is 34.8 Å². The molecule has 21 heavy (non-hydrogen) atoms. The number of hydrogen-bond donors (Lipinski definition) is 3. The highest BCUT2D eigenvalue weighted by Crippen LogP contribution is 2.29. The highest BCUT2D eigenvalue weighted by molar-refractivity contribution is 6.37. The normalized spacial score (nSPS) is 13.3. The summed E-state index contributed by atoms with van der Waals surface area (Å²) in [7, 11) is 0. The molecule has 112 valence electrons. The summed E-state index contributed by atoms with van der Waals surface area (Å²) >= 11 is 16.7. The molecule has 2 aromatic rings. The predicted octanol–water partition coefficient (Wildman–Crippen LogP) is 2.65. The molecule has 1 fully saturated rings. The minimum absolute atomic E-state index is 0.141. The summed E-state index contributed by atoms with van der Waals surface area (Å²) in [5, 5.41) is 18.5. The van der Waals surface area contributed by atoms with Crippen LogP contribution in [0.25, 0.3) is 0 Å². The van der Waals surface area contributed by atoms with Crippen molar-refractivity contribution >= 4 is 52.0 Å². The van der Waals surface area contributed by atoms with Gasteiger partial charge >= 0.3 is 0 Å². The number of nitrogen functional groups attached to an aromatic ring is 2. The van der Waals surface area contributed by atoms with Crippen molar-refractivity contribution in [1.82, 2.24) is 20.4 Å². The van der Waals surface area contributed by atoms with Gasteiger partial charge in [-0.05, 0) is 12.8 Å². The molecule has 10 heteroatoms. The van der Waals surface area contributed by atoms with Crippen molar-refractivity contribution < 1.29 is 0 Å². The molecule has 2 aromatic heterocycles. The predicted molar refractivity (Wildman–Crippen MR) is 84.6 cm³/mol. The summed E-state index contributed by atoms with van der Waals surface area (Å²) in [5.41, 5.74) is 11.7. The number of nitrogens with two attached hydrogens (primary N) is 2. The molecule has 0 spiro atoms. The Bertz CT molecular complexity index is 613. The Hall–Kier alpha value is -1.57. The van der Waals surface area contributed by atoms with Crippen LogP contribution in [0.4, 0.5) is 17.2 Å². The first-order valence-corrected chi connectivity index (χ1v) is 7.07. The minimum atomic E-state index is 0.141. The average Bonchev–Trinajstić information content (AvgIpc) is 3.26. The second kappa shape index (κ2) is 6.93. The lowest BCUT2D eigenvalue weighted by molar-refractivity contribution is 1.00. The van der Waals surface area contributed by atoms with Gasteiger partial charge in [0.1, 0.15) is 0 Å². The van der Waals surface area contributed by atoms with Crippen LogP contribution in [0.15, 0.2) is 12.4 Å². The molecular weight excluding hydrogens is 337 g/mol. The Morgan fingerprint density at radius 1 is 0.952 bits per heavy atom. The third-order valence-electron chi connectivity index (χ3n) is 2.56. The third-order valence-corrected chi connectivity index (χ3v) is 3.44. The first-order valence-electron chi connectivity index (χ1n) is 5.94. The van der Waals surface area contributed by atoms with Gasteiger partial charge in [-0.25, -0.2) is 0 Å². The number of halogens is 3. The topological polar surface area (TPSA) is 116 Å². The molecule has 0 saturated heterocycles. The minimum Gasteiger partial charge on any atom is -0.395 e. The van der Waals surface area contributed by atoms with E-state index >= 15 is 0 Å². The molecule has 2 heterocycles. The van der Waals surface area contributed by atoms with Crippen molar-refractivity contribution in [2.75, 3.05) is 16.8 Å². The van der Waals surface area contributed by atoms with Crippen molar-refractivity contribution in [2.24, 2.45) is 0 Å².